The summed E-state index contributed by atoms with van der Waals surface area (Å²) in [7, 11) is -7.82. The number of nitrogens with one attached hydrogen (secondary N) is 2. The van der Waals surface area contributed by atoms with Gasteiger partial charge in [-0.3, -0.25) is 9.52 Å². The maximum absolute atomic E-state index is 12.1. The Balaban J connectivity index is 2.24. The Bertz CT molecular complexity index is 933. The molecule has 0 aliphatic heterocycles. The average molecular weight is 395 g/mol. The van der Waals surface area contributed by atoms with E-state index in [-0.39, 0.29) is 20.5 Å². The van der Waals surface area contributed by atoms with Gasteiger partial charge in [-0.2, -0.15) is 0 Å². The Morgan fingerprint density at radius 3 is 2.13 bits per heavy atom. The molecule has 0 atom stereocenters. The smallest absolute Gasteiger partial charge is 0.264 e. The summed E-state index contributed by atoms with van der Waals surface area (Å²) in [6.07, 6.45) is 0. The molecular weight excluding hydrogens is 384 g/mol. The molecule has 2 aromatic rings. The molecule has 0 unspecified atom stereocenters. The number of carbonyl (C=O) groups is 1. The third-order valence-electron chi connectivity index (χ3n) is 2.57. The fourth-order valence-electron chi connectivity index (χ4n) is 1.62. The summed E-state index contributed by atoms with van der Waals surface area (Å²) in [6.45, 7) is 1.07. The van der Waals surface area contributed by atoms with E-state index in [0.29, 0.717) is 0 Å². The largest absolute Gasteiger partial charge is 0.280 e. The number of halogens is 1. The van der Waals surface area contributed by atoms with Gasteiger partial charge in [-0.1, -0.05) is 11.6 Å². The molecule has 1 aromatic carbocycles. The Labute approximate surface area is 142 Å². The summed E-state index contributed by atoms with van der Waals surface area (Å²) in [5.74, 6) is -0.720. The Morgan fingerprint density at radius 2 is 1.65 bits per heavy atom. The second kappa shape index (κ2) is 6.48. The molecule has 2 N–H and O–H groups in total. The highest BCUT2D eigenvalue weighted by molar-refractivity contribution is 7.93. The van der Waals surface area contributed by atoms with Gasteiger partial charge in [0.1, 0.15) is 4.90 Å². The first-order valence-electron chi connectivity index (χ1n) is 6.00. The zero-order valence-corrected chi connectivity index (χ0v) is 14.8. The summed E-state index contributed by atoms with van der Waals surface area (Å²) in [6, 6.07) is 4.90. The van der Waals surface area contributed by atoms with Gasteiger partial charge in [-0.05, 0) is 24.3 Å². The molecule has 1 heterocycles. The van der Waals surface area contributed by atoms with Crippen LogP contribution in [0.4, 0.5) is 5.69 Å². The quantitative estimate of drug-likeness (QED) is 0.806. The Morgan fingerprint density at radius 1 is 1.04 bits per heavy atom. The molecule has 11 heteroatoms. The van der Waals surface area contributed by atoms with Crippen LogP contribution < -0.4 is 9.44 Å². The molecular formula is C12H11ClN2O5S3. The molecule has 0 saturated carbocycles. The van der Waals surface area contributed by atoms with Crippen LogP contribution >= 0.6 is 22.9 Å². The molecule has 124 valence electrons. The van der Waals surface area contributed by atoms with Gasteiger partial charge in [-0.25, -0.2) is 21.6 Å². The molecule has 7 nitrogen and oxygen atoms in total. The fourth-order valence-corrected chi connectivity index (χ4v) is 5.38. The summed E-state index contributed by atoms with van der Waals surface area (Å²) < 4.78 is 52.0. The van der Waals surface area contributed by atoms with E-state index in [1.807, 2.05) is 4.72 Å². The van der Waals surface area contributed by atoms with E-state index in [2.05, 4.69) is 4.72 Å². The van der Waals surface area contributed by atoms with Crippen LogP contribution in [-0.4, -0.2) is 22.7 Å². The van der Waals surface area contributed by atoms with Gasteiger partial charge >= 0.3 is 0 Å². The van der Waals surface area contributed by atoms with Crippen LogP contribution in [0.1, 0.15) is 6.92 Å². The lowest BCUT2D eigenvalue weighted by Gasteiger charge is -2.09. The van der Waals surface area contributed by atoms with Gasteiger partial charge in [0.05, 0.1) is 9.92 Å². The first-order valence-corrected chi connectivity index (χ1v) is 10.3. The summed E-state index contributed by atoms with van der Waals surface area (Å²) >= 11 is 6.94. The van der Waals surface area contributed by atoms with Crippen LogP contribution in [-0.2, 0) is 24.8 Å². The molecule has 0 aliphatic rings. The number of rotatable bonds is 5. The van der Waals surface area contributed by atoms with Crippen LogP contribution in [0.25, 0.3) is 0 Å². The van der Waals surface area contributed by atoms with E-state index in [0.717, 1.165) is 18.3 Å². The first kappa shape index (κ1) is 17.7. The molecule has 23 heavy (non-hydrogen) atoms. The van der Waals surface area contributed by atoms with Crippen molar-refractivity contribution in [1.29, 1.82) is 0 Å². The van der Waals surface area contributed by atoms with Crippen molar-refractivity contribution >= 4 is 54.6 Å². The van der Waals surface area contributed by atoms with Crippen LogP contribution in [0.2, 0.25) is 5.02 Å². The van der Waals surface area contributed by atoms with E-state index in [1.165, 1.54) is 35.0 Å². The summed E-state index contributed by atoms with van der Waals surface area (Å²) in [5, 5.41) is 2.98. The van der Waals surface area contributed by atoms with Crippen LogP contribution in [0.5, 0.6) is 0 Å². The fraction of sp³-hybridized carbons (Fsp3) is 0.0833. The lowest BCUT2D eigenvalue weighted by atomic mass is 10.3. The third-order valence-corrected chi connectivity index (χ3v) is 6.88. The lowest BCUT2D eigenvalue weighted by molar-refractivity contribution is -0.117. The molecule has 0 bridgehead atoms. The van der Waals surface area contributed by atoms with Crippen LogP contribution in [0.3, 0.4) is 0 Å². The van der Waals surface area contributed by atoms with E-state index >= 15 is 0 Å². The highest BCUT2D eigenvalue weighted by atomic mass is 35.5. The summed E-state index contributed by atoms with van der Waals surface area (Å²) in [4.78, 5) is 10.6. The maximum atomic E-state index is 12.1. The Kier molecular flexibility index (Phi) is 4.99. The van der Waals surface area contributed by atoms with Crippen molar-refractivity contribution in [3.8, 4) is 0 Å². The first-order chi connectivity index (χ1) is 10.6. The molecule has 2 rings (SSSR count). The van der Waals surface area contributed by atoms with E-state index in [4.69, 9.17) is 11.6 Å². The van der Waals surface area contributed by atoms with Crippen LogP contribution in [0.15, 0.2) is 44.8 Å². The van der Waals surface area contributed by atoms with Crippen molar-refractivity contribution in [2.75, 3.05) is 4.72 Å². The summed E-state index contributed by atoms with van der Waals surface area (Å²) in [5.41, 5.74) is 0.161. The van der Waals surface area contributed by atoms with Crippen molar-refractivity contribution in [3.05, 3.63) is 40.0 Å². The van der Waals surface area contributed by atoms with Crippen LogP contribution in [0, 0.1) is 0 Å². The predicted molar refractivity (Wildman–Crippen MR) is 87.6 cm³/mol. The lowest BCUT2D eigenvalue weighted by Crippen LogP contribution is -2.28. The minimum Gasteiger partial charge on any atom is -0.280 e. The number of sulfonamides is 2. The molecule has 0 radical (unpaired) electrons. The number of thiophene rings is 1. The monoisotopic (exact) mass is 394 g/mol. The SMILES string of the molecule is CC(=O)NS(=O)(=O)c1ccc(NS(=O)(=O)c2cscc2Cl)cc1. The second-order valence-corrected chi connectivity index (χ2v) is 8.86. The van der Waals surface area contributed by atoms with Gasteiger partial charge < -0.3 is 0 Å². The standard InChI is InChI=1S/C12H11ClN2O5S3/c1-8(16)14-22(17,18)10-4-2-9(3-5-10)15-23(19,20)12-7-21-6-11(12)13/h2-7,15H,1H3,(H,14,16). The van der Waals surface area contributed by atoms with E-state index < -0.39 is 26.0 Å². The van der Waals surface area contributed by atoms with Crippen molar-refractivity contribution in [3.63, 3.8) is 0 Å². The zero-order chi connectivity index (χ0) is 17.3. The number of hydrogen-bond donors (Lipinski definition) is 2. The number of carbonyl (C=O) groups excluding carboxylic acids is 1. The minimum absolute atomic E-state index is 0.0564. The topological polar surface area (TPSA) is 109 Å². The molecule has 0 spiro atoms. The predicted octanol–water partition coefficient (Wildman–Crippen LogP) is 2.03. The molecule has 0 fully saturated rings. The molecule has 1 amide bonds. The minimum atomic E-state index is -3.97. The number of benzene rings is 1. The highest BCUT2D eigenvalue weighted by Crippen LogP contribution is 2.27. The van der Waals surface area contributed by atoms with Gasteiger partial charge in [0.2, 0.25) is 5.91 Å². The van der Waals surface area contributed by atoms with Gasteiger partial charge in [-0.15, -0.1) is 11.3 Å². The van der Waals surface area contributed by atoms with Crippen molar-refractivity contribution in [2.24, 2.45) is 0 Å². The molecule has 1 aromatic heterocycles. The maximum Gasteiger partial charge on any atom is 0.264 e. The van der Waals surface area contributed by atoms with E-state index in [9.17, 15) is 21.6 Å². The third kappa shape index (κ3) is 4.22. The van der Waals surface area contributed by atoms with Gasteiger partial charge in [0.25, 0.3) is 20.0 Å². The van der Waals surface area contributed by atoms with Crippen molar-refractivity contribution in [2.45, 2.75) is 16.7 Å². The average Bonchev–Trinajstić information content (AvgIpc) is 2.84. The van der Waals surface area contributed by atoms with Gasteiger partial charge in [0.15, 0.2) is 0 Å². The normalized spacial score (nSPS) is 11.9. The number of anilines is 1. The van der Waals surface area contributed by atoms with Crippen molar-refractivity contribution in [1.82, 2.24) is 4.72 Å². The number of hydrogen-bond acceptors (Lipinski definition) is 6. The Hall–Kier alpha value is -1.62. The highest BCUT2D eigenvalue weighted by Gasteiger charge is 2.20. The van der Waals surface area contributed by atoms with E-state index in [1.54, 1.807) is 0 Å². The van der Waals surface area contributed by atoms with Crippen molar-refractivity contribution < 1.29 is 21.6 Å². The molecule has 0 saturated heterocycles. The zero-order valence-electron chi connectivity index (χ0n) is 11.6. The number of amides is 1. The second-order valence-electron chi connectivity index (χ2n) is 4.38. The molecule has 0 aliphatic carbocycles. The van der Waals surface area contributed by atoms with Gasteiger partial charge in [0, 0.05) is 23.4 Å².